The third-order valence-corrected chi connectivity index (χ3v) is 3.34. The Bertz CT molecular complexity index is 367. The van der Waals surface area contributed by atoms with Crippen molar-refractivity contribution < 1.29 is 0 Å². The van der Waals surface area contributed by atoms with Crippen molar-refractivity contribution in [1.82, 2.24) is 4.98 Å². The average Bonchev–Trinajstić information content (AvgIpc) is 2.22. The van der Waals surface area contributed by atoms with Crippen LogP contribution in [-0.4, -0.2) is 17.1 Å². The van der Waals surface area contributed by atoms with Crippen LogP contribution in [0.25, 0.3) is 0 Å². The first kappa shape index (κ1) is 11.7. The number of nitrogens with zero attached hydrogens (tertiary/aromatic N) is 1. The highest BCUT2D eigenvalue weighted by Gasteiger charge is 2.19. The zero-order valence-corrected chi connectivity index (χ0v) is 10.3. The van der Waals surface area contributed by atoms with Crippen LogP contribution in [0, 0.1) is 6.92 Å². The van der Waals surface area contributed by atoms with Crippen LogP contribution in [-0.2, 0) is 0 Å². The van der Waals surface area contributed by atoms with E-state index in [9.17, 15) is 0 Å². The van der Waals surface area contributed by atoms with Crippen molar-refractivity contribution in [1.29, 1.82) is 0 Å². The van der Waals surface area contributed by atoms with Gasteiger partial charge in [0.05, 0.1) is 11.4 Å². The smallest absolute Gasteiger partial charge is 0.129 e. The Morgan fingerprint density at radius 1 is 1.44 bits per heavy atom. The molecule has 1 aliphatic carbocycles. The summed E-state index contributed by atoms with van der Waals surface area (Å²) < 4.78 is 0. The molecule has 2 atom stereocenters. The number of nitrogens with one attached hydrogen (secondary N) is 1. The van der Waals surface area contributed by atoms with Gasteiger partial charge in [-0.25, -0.2) is 4.98 Å². The molecule has 1 aromatic heterocycles. The fourth-order valence-corrected chi connectivity index (χ4v) is 2.45. The second-order valence-electron chi connectivity index (χ2n) is 4.53. The zero-order valence-electron chi connectivity index (χ0n) is 9.54. The molecule has 16 heavy (non-hydrogen) atoms. The fraction of sp³-hybridized carbons (Fsp3) is 0.583. The van der Waals surface area contributed by atoms with Gasteiger partial charge in [0.2, 0.25) is 0 Å². The predicted molar refractivity (Wildman–Crippen MR) is 67.8 cm³/mol. The van der Waals surface area contributed by atoms with Crippen molar-refractivity contribution in [3.8, 4) is 0 Å². The van der Waals surface area contributed by atoms with Gasteiger partial charge in [-0.3, -0.25) is 0 Å². The normalized spacial score (nSPS) is 25.4. The van der Waals surface area contributed by atoms with Crippen LogP contribution >= 0.6 is 11.6 Å². The Morgan fingerprint density at radius 2 is 2.25 bits per heavy atom. The summed E-state index contributed by atoms with van der Waals surface area (Å²) in [5.41, 5.74) is 7.99. The molecule has 0 aromatic carbocycles. The van der Waals surface area contributed by atoms with E-state index in [1.165, 1.54) is 12.8 Å². The zero-order chi connectivity index (χ0) is 11.5. The first-order chi connectivity index (χ1) is 7.65. The van der Waals surface area contributed by atoms with Crippen LogP contribution in [0.4, 0.5) is 5.69 Å². The molecule has 0 saturated heterocycles. The molecule has 3 nitrogen and oxygen atoms in total. The van der Waals surface area contributed by atoms with Gasteiger partial charge in [0.25, 0.3) is 0 Å². The number of rotatable bonds is 2. The highest BCUT2D eigenvalue weighted by atomic mass is 35.5. The largest absolute Gasteiger partial charge is 0.381 e. The first-order valence-corrected chi connectivity index (χ1v) is 6.18. The van der Waals surface area contributed by atoms with E-state index in [1.807, 2.05) is 19.1 Å². The monoisotopic (exact) mass is 239 g/mol. The van der Waals surface area contributed by atoms with Gasteiger partial charge in [-0.15, -0.1) is 0 Å². The van der Waals surface area contributed by atoms with Crippen molar-refractivity contribution >= 4 is 17.3 Å². The first-order valence-electron chi connectivity index (χ1n) is 5.80. The summed E-state index contributed by atoms with van der Waals surface area (Å²) in [7, 11) is 0. The number of anilines is 1. The lowest BCUT2D eigenvalue weighted by Crippen LogP contribution is -2.35. The highest BCUT2D eigenvalue weighted by Crippen LogP contribution is 2.23. The van der Waals surface area contributed by atoms with Gasteiger partial charge in [0, 0.05) is 12.1 Å². The summed E-state index contributed by atoms with van der Waals surface area (Å²) in [6.07, 6.45) is 4.59. The van der Waals surface area contributed by atoms with Gasteiger partial charge in [0.1, 0.15) is 5.15 Å². The van der Waals surface area contributed by atoms with Gasteiger partial charge >= 0.3 is 0 Å². The lowest BCUT2D eigenvalue weighted by molar-refractivity contribution is 0.409. The van der Waals surface area contributed by atoms with E-state index < -0.39 is 0 Å². The second-order valence-corrected chi connectivity index (χ2v) is 4.92. The Balaban J connectivity index is 2.02. The molecule has 1 aliphatic rings. The number of aryl methyl sites for hydroxylation is 1. The number of hydrogen-bond donors (Lipinski definition) is 2. The van der Waals surface area contributed by atoms with E-state index in [2.05, 4.69) is 10.3 Å². The molecule has 1 fully saturated rings. The average molecular weight is 240 g/mol. The van der Waals surface area contributed by atoms with Crippen molar-refractivity contribution in [2.45, 2.75) is 44.7 Å². The second kappa shape index (κ2) is 5.02. The number of halogens is 1. The maximum absolute atomic E-state index is 5.96. The van der Waals surface area contributed by atoms with Crippen molar-refractivity contribution in [3.05, 3.63) is 23.0 Å². The van der Waals surface area contributed by atoms with E-state index >= 15 is 0 Å². The summed E-state index contributed by atoms with van der Waals surface area (Å²) in [5.74, 6) is 0. The van der Waals surface area contributed by atoms with E-state index in [-0.39, 0.29) is 0 Å². The molecule has 88 valence electrons. The minimum absolute atomic E-state index is 0.340. The van der Waals surface area contributed by atoms with Crippen LogP contribution in [0.1, 0.15) is 31.4 Å². The number of nitrogens with two attached hydrogens (primary N) is 1. The Labute approximate surface area is 101 Å². The molecule has 1 saturated carbocycles. The molecular formula is C12H18ClN3. The molecule has 4 heteroatoms. The molecule has 0 amide bonds. The van der Waals surface area contributed by atoms with Gasteiger partial charge in [0.15, 0.2) is 0 Å². The molecule has 0 bridgehead atoms. The Morgan fingerprint density at radius 3 is 2.94 bits per heavy atom. The summed E-state index contributed by atoms with van der Waals surface area (Å²) >= 11 is 5.82. The summed E-state index contributed by atoms with van der Waals surface area (Å²) in [6, 6.07) is 4.63. The fourth-order valence-electron chi connectivity index (χ4n) is 2.26. The van der Waals surface area contributed by atoms with Crippen molar-refractivity contribution in [2.75, 3.05) is 5.32 Å². The van der Waals surface area contributed by atoms with Crippen LogP contribution in [0.15, 0.2) is 12.1 Å². The topological polar surface area (TPSA) is 50.9 Å². The quantitative estimate of drug-likeness (QED) is 0.781. The SMILES string of the molecule is Cc1nc(Cl)ccc1NC1CCCC(N)C1. The minimum atomic E-state index is 0.340. The van der Waals surface area contributed by atoms with Gasteiger partial charge in [-0.05, 0) is 44.7 Å². The summed E-state index contributed by atoms with van der Waals surface area (Å²) in [4.78, 5) is 4.23. The van der Waals surface area contributed by atoms with Gasteiger partial charge in [-0.2, -0.15) is 0 Å². The Kier molecular flexibility index (Phi) is 3.66. The summed E-state index contributed by atoms with van der Waals surface area (Å²) in [6.45, 7) is 1.97. The third kappa shape index (κ3) is 2.86. The van der Waals surface area contributed by atoms with Crippen LogP contribution in [0.3, 0.4) is 0 Å². The molecule has 0 aliphatic heterocycles. The predicted octanol–water partition coefficient (Wildman–Crippen LogP) is 2.73. The number of pyridine rings is 1. The van der Waals surface area contributed by atoms with Crippen molar-refractivity contribution in [2.24, 2.45) is 5.73 Å². The molecule has 0 spiro atoms. The van der Waals surface area contributed by atoms with Gasteiger partial charge < -0.3 is 11.1 Å². The number of hydrogen-bond acceptors (Lipinski definition) is 3. The van der Waals surface area contributed by atoms with Crippen LogP contribution in [0.2, 0.25) is 5.15 Å². The van der Waals surface area contributed by atoms with E-state index in [0.717, 1.165) is 24.2 Å². The maximum Gasteiger partial charge on any atom is 0.129 e. The molecule has 2 unspecified atom stereocenters. The lowest BCUT2D eigenvalue weighted by Gasteiger charge is -2.28. The van der Waals surface area contributed by atoms with Crippen LogP contribution in [0.5, 0.6) is 0 Å². The highest BCUT2D eigenvalue weighted by molar-refractivity contribution is 6.29. The van der Waals surface area contributed by atoms with E-state index in [1.54, 1.807) is 0 Å². The van der Waals surface area contributed by atoms with Crippen molar-refractivity contribution in [3.63, 3.8) is 0 Å². The maximum atomic E-state index is 5.96. The third-order valence-electron chi connectivity index (χ3n) is 3.13. The lowest BCUT2D eigenvalue weighted by atomic mass is 9.91. The van der Waals surface area contributed by atoms with E-state index in [4.69, 9.17) is 17.3 Å². The number of aromatic nitrogens is 1. The molecule has 3 N–H and O–H groups in total. The molecular weight excluding hydrogens is 222 g/mol. The molecule has 1 heterocycles. The van der Waals surface area contributed by atoms with Crippen LogP contribution < -0.4 is 11.1 Å². The minimum Gasteiger partial charge on any atom is -0.381 e. The molecule has 1 aromatic rings. The van der Waals surface area contributed by atoms with Gasteiger partial charge in [-0.1, -0.05) is 11.6 Å². The molecule has 0 radical (unpaired) electrons. The van der Waals surface area contributed by atoms with E-state index in [0.29, 0.717) is 17.2 Å². The Hall–Kier alpha value is -0.800. The standard InChI is InChI=1S/C12H18ClN3/c1-8-11(5-6-12(13)15-8)16-10-4-2-3-9(14)7-10/h5-6,9-10,16H,2-4,7,14H2,1H3. The molecule has 2 rings (SSSR count). The summed E-state index contributed by atoms with van der Waals surface area (Å²) in [5, 5.41) is 4.05.